The predicted octanol–water partition coefficient (Wildman–Crippen LogP) is 4.46. The van der Waals surface area contributed by atoms with Crippen LogP contribution in [0.2, 0.25) is 0 Å². The van der Waals surface area contributed by atoms with Gasteiger partial charge in [-0.1, -0.05) is 25.1 Å². The number of benzene rings is 1. The number of rotatable bonds is 8. The molecule has 21 heavy (non-hydrogen) atoms. The number of hydrogen-bond donors (Lipinski definition) is 1. The Morgan fingerprint density at radius 2 is 2.10 bits per heavy atom. The van der Waals surface area contributed by atoms with Crippen molar-refractivity contribution in [1.29, 1.82) is 0 Å². The van der Waals surface area contributed by atoms with Crippen molar-refractivity contribution >= 4 is 23.1 Å². The second-order valence-corrected chi connectivity index (χ2v) is 7.41. The first-order valence-corrected chi connectivity index (χ1v) is 9.38. The van der Waals surface area contributed by atoms with Crippen LogP contribution in [0.15, 0.2) is 34.5 Å². The molecule has 0 radical (unpaired) electrons. The van der Waals surface area contributed by atoms with Gasteiger partial charge >= 0.3 is 0 Å². The van der Waals surface area contributed by atoms with E-state index in [9.17, 15) is 0 Å². The van der Waals surface area contributed by atoms with Crippen LogP contribution in [0.3, 0.4) is 0 Å². The average Bonchev–Trinajstić information content (AvgIpc) is 2.88. The minimum Gasteiger partial charge on any atom is -0.313 e. The summed E-state index contributed by atoms with van der Waals surface area (Å²) < 4.78 is 0. The second kappa shape index (κ2) is 8.57. The number of hydrogen-bond acceptors (Lipinski definition) is 4. The zero-order chi connectivity index (χ0) is 15.1. The highest BCUT2D eigenvalue weighted by Crippen LogP contribution is 2.23. The lowest BCUT2D eigenvalue weighted by molar-refractivity contribution is 0.546. The van der Waals surface area contributed by atoms with E-state index in [1.807, 2.05) is 11.8 Å². The van der Waals surface area contributed by atoms with Gasteiger partial charge in [-0.3, -0.25) is 0 Å². The summed E-state index contributed by atoms with van der Waals surface area (Å²) in [4.78, 5) is 5.98. The Morgan fingerprint density at radius 3 is 2.76 bits per heavy atom. The molecule has 2 nitrogen and oxygen atoms in total. The van der Waals surface area contributed by atoms with E-state index in [-0.39, 0.29) is 0 Å². The van der Waals surface area contributed by atoms with Gasteiger partial charge < -0.3 is 5.32 Å². The molecular weight excluding hydrogens is 296 g/mol. The largest absolute Gasteiger partial charge is 0.313 e. The van der Waals surface area contributed by atoms with Gasteiger partial charge in [-0.25, -0.2) is 4.98 Å². The quantitative estimate of drug-likeness (QED) is 0.727. The van der Waals surface area contributed by atoms with E-state index >= 15 is 0 Å². The van der Waals surface area contributed by atoms with Crippen molar-refractivity contribution in [3.05, 3.63) is 45.9 Å². The van der Waals surface area contributed by atoms with Crippen molar-refractivity contribution in [1.82, 2.24) is 10.3 Å². The van der Waals surface area contributed by atoms with Crippen LogP contribution < -0.4 is 5.32 Å². The minimum atomic E-state index is 0.482. The first-order chi connectivity index (χ1) is 10.2. The zero-order valence-electron chi connectivity index (χ0n) is 13.1. The highest BCUT2D eigenvalue weighted by molar-refractivity contribution is 7.99. The summed E-state index contributed by atoms with van der Waals surface area (Å²) in [5.74, 6) is 1.08. The molecule has 1 unspecified atom stereocenters. The number of nitrogens with one attached hydrogen (secondary N) is 1. The van der Waals surface area contributed by atoms with Crippen LogP contribution in [-0.4, -0.2) is 23.3 Å². The van der Waals surface area contributed by atoms with Gasteiger partial charge in [0.1, 0.15) is 0 Å². The van der Waals surface area contributed by atoms with Crippen molar-refractivity contribution in [3.8, 4) is 0 Å². The SMILES string of the molecule is CCCNC(CSc1ccccc1C)Cc1csc(C)n1. The van der Waals surface area contributed by atoms with Crippen LogP contribution in [0, 0.1) is 13.8 Å². The summed E-state index contributed by atoms with van der Waals surface area (Å²) in [7, 11) is 0. The van der Waals surface area contributed by atoms with Crippen molar-refractivity contribution in [2.45, 2.75) is 44.6 Å². The minimum absolute atomic E-state index is 0.482. The molecule has 0 amide bonds. The average molecular weight is 321 g/mol. The Bertz CT molecular complexity index is 551. The number of thiazole rings is 1. The molecule has 0 aliphatic rings. The molecule has 1 aromatic heterocycles. The molecule has 2 rings (SSSR count). The van der Waals surface area contributed by atoms with Crippen LogP contribution in [0.4, 0.5) is 0 Å². The van der Waals surface area contributed by atoms with E-state index in [0.29, 0.717) is 6.04 Å². The number of thioether (sulfide) groups is 1. The number of aryl methyl sites for hydroxylation is 2. The Morgan fingerprint density at radius 1 is 1.29 bits per heavy atom. The number of aromatic nitrogens is 1. The van der Waals surface area contributed by atoms with E-state index in [0.717, 1.165) is 23.7 Å². The monoisotopic (exact) mass is 320 g/mol. The fourth-order valence-electron chi connectivity index (χ4n) is 2.20. The van der Waals surface area contributed by atoms with Gasteiger partial charge in [0.2, 0.25) is 0 Å². The fraction of sp³-hybridized carbons (Fsp3) is 0.471. The van der Waals surface area contributed by atoms with Gasteiger partial charge in [0, 0.05) is 28.5 Å². The Balaban J connectivity index is 1.94. The maximum atomic E-state index is 4.60. The van der Waals surface area contributed by atoms with Crippen LogP contribution in [0.25, 0.3) is 0 Å². The first kappa shape index (κ1) is 16.5. The second-order valence-electron chi connectivity index (χ2n) is 5.29. The van der Waals surface area contributed by atoms with Crippen LogP contribution >= 0.6 is 23.1 Å². The molecule has 4 heteroatoms. The van der Waals surface area contributed by atoms with Crippen molar-refractivity contribution < 1.29 is 0 Å². The lowest BCUT2D eigenvalue weighted by Gasteiger charge is -2.17. The first-order valence-electron chi connectivity index (χ1n) is 7.52. The third-order valence-electron chi connectivity index (χ3n) is 3.34. The summed E-state index contributed by atoms with van der Waals surface area (Å²) in [6.07, 6.45) is 2.19. The van der Waals surface area contributed by atoms with E-state index in [2.05, 4.69) is 60.7 Å². The predicted molar refractivity (Wildman–Crippen MR) is 94.5 cm³/mol. The molecular formula is C17H24N2S2. The highest BCUT2D eigenvalue weighted by atomic mass is 32.2. The molecule has 1 heterocycles. The van der Waals surface area contributed by atoms with Crippen LogP contribution in [-0.2, 0) is 6.42 Å². The molecule has 1 N–H and O–H groups in total. The maximum Gasteiger partial charge on any atom is 0.0897 e. The molecule has 1 aromatic carbocycles. The normalized spacial score (nSPS) is 12.5. The molecule has 2 aromatic rings. The molecule has 0 saturated heterocycles. The molecule has 0 saturated carbocycles. The number of nitrogens with zero attached hydrogens (tertiary/aromatic N) is 1. The van der Waals surface area contributed by atoms with E-state index in [1.54, 1.807) is 11.3 Å². The van der Waals surface area contributed by atoms with Crippen molar-refractivity contribution in [2.24, 2.45) is 0 Å². The maximum absolute atomic E-state index is 4.60. The van der Waals surface area contributed by atoms with Gasteiger partial charge in [-0.2, -0.15) is 0 Å². The molecule has 0 aliphatic carbocycles. The third kappa shape index (κ3) is 5.46. The Kier molecular flexibility index (Phi) is 6.74. The lowest BCUT2D eigenvalue weighted by atomic mass is 10.2. The fourth-order valence-corrected chi connectivity index (χ4v) is 3.91. The Hall–Kier alpha value is -0.840. The van der Waals surface area contributed by atoms with Gasteiger partial charge in [0.15, 0.2) is 0 Å². The van der Waals surface area contributed by atoms with E-state index in [4.69, 9.17) is 0 Å². The summed E-state index contributed by atoms with van der Waals surface area (Å²) in [5, 5.41) is 7.01. The highest BCUT2D eigenvalue weighted by Gasteiger charge is 2.12. The van der Waals surface area contributed by atoms with Gasteiger partial charge in [-0.05, 0) is 38.4 Å². The molecule has 114 valence electrons. The van der Waals surface area contributed by atoms with Crippen molar-refractivity contribution in [3.63, 3.8) is 0 Å². The molecule has 0 aliphatic heterocycles. The van der Waals surface area contributed by atoms with Crippen LogP contribution in [0.5, 0.6) is 0 Å². The van der Waals surface area contributed by atoms with Gasteiger partial charge in [-0.15, -0.1) is 23.1 Å². The van der Waals surface area contributed by atoms with Gasteiger partial charge in [0.25, 0.3) is 0 Å². The van der Waals surface area contributed by atoms with E-state index in [1.165, 1.54) is 22.6 Å². The molecule has 0 bridgehead atoms. The molecule has 0 fully saturated rings. The summed E-state index contributed by atoms with van der Waals surface area (Å²) >= 11 is 3.69. The topological polar surface area (TPSA) is 24.9 Å². The molecule has 0 spiro atoms. The summed E-state index contributed by atoms with van der Waals surface area (Å²) in [6, 6.07) is 9.10. The van der Waals surface area contributed by atoms with E-state index < -0.39 is 0 Å². The van der Waals surface area contributed by atoms with Crippen LogP contribution in [0.1, 0.15) is 29.6 Å². The smallest absolute Gasteiger partial charge is 0.0897 e. The third-order valence-corrected chi connectivity index (χ3v) is 5.50. The summed E-state index contributed by atoms with van der Waals surface area (Å²) in [5.41, 5.74) is 2.58. The zero-order valence-corrected chi connectivity index (χ0v) is 14.7. The lowest BCUT2D eigenvalue weighted by Crippen LogP contribution is -2.34. The standard InChI is InChI=1S/C17H24N2S2/c1-4-9-18-15(10-16-12-20-14(3)19-16)11-21-17-8-6-5-7-13(17)2/h5-8,12,15,18H,4,9-11H2,1-3H3. The summed E-state index contributed by atoms with van der Waals surface area (Å²) in [6.45, 7) is 7.54. The van der Waals surface area contributed by atoms with Crippen molar-refractivity contribution in [2.75, 3.05) is 12.3 Å². The Labute approximate surface area is 136 Å². The van der Waals surface area contributed by atoms with Gasteiger partial charge in [0.05, 0.1) is 10.7 Å². The molecule has 1 atom stereocenters.